The molecule has 1 saturated heterocycles. The molecule has 1 N–H and O–H groups in total. The number of piperazine rings is 1. The molecule has 40 heavy (non-hydrogen) atoms. The minimum absolute atomic E-state index is 0. The molecular formula is C27H34Cl3F6N3O. The van der Waals surface area contributed by atoms with Crippen LogP contribution in [0.25, 0.3) is 0 Å². The van der Waals surface area contributed by atoms with E-state index in [1.54, 1.807) is 24.3 Å². The molecule has 1 aliphatic heterocycles. The van der Waals surface area contributed by atoms with E-state index in [2.05, 4.69) is 10.2 Å². The van der Waals surface area contributed by atoms with Crippen LogP contribution in [0, 0.1) is 0 Å². The molecule has 4 rings (SSSR count). The molecule has 226 valence electrons. The van der Waals surface area contributed by atoms with Crippen LogP contribution >= 0.6 is 36.4 Å². The fourth-order valence-corrected chi connectivity index (χ4v) is 5.62. The van der Waals surface area contributed by atoms with Gasteiger partial charge in [0.05, 0.1) is 11.1 Å². The molecule has 1 amide bonds. The molecule has 1 saturated carbocycles. The number of nitrogens with one attached hydrogen (secondary N) is 1. The summed E-state index contributed by atoms with van der Waals surface area (Å²) in [6.07, 6.45) is -3.91. The van der Waals surface area contributed by atoms with Crippen molar-refractivity contribution >= 4 is 42.3 Å². The Bertz CT molecular complexity index is 1090. The summed E-state index contributed by atoms with van der Waals surface area (Å²) in [7, 11) is 0. The molecule has 2 aromatic carbocycles. The normalized spacial score (nSPS) is 18.4. The fourth-order valence-electron chi connectivity index (χ4n) is 5.42. The van der Waals surface area contributed by atoms with Crippen molar-refractivity contribution in [2.75, 3.05) is 26.2 Å². The summed E-state index contributed by atoms with van der Waals surface area (Å²) in [6, 6.07) is 7.87. The third-order valence-electron chi connectivity index (χ3n) is 7.33. The van der Waals surface area contributed by atoms with Crippen molar-refractivity contribution in [2.45, 2.75) is 63.1 Å². The van der Waals surface area contributed by atoms with Crippen molar-refractivity contribution in [3.8, 4) is 0 Å². The van der Waals surface area contributed by atoms with Gasteiger partial charge in [0.15, 0.2) is 0 Å². The van der Waals surface area contributed by atoms with E-state index in [0.717, 1.165) is 25.9 Å². The number of hydrogen-bond acceptors (Lipinski definition) is 3. The molecule has 2 fully saturated rings. The molecule has 2 aliphatic rings. The predicted molar refractivity (Wildman–Crippen MR) is 149 cm³/mol. The van der Waals surface area contributed by atoms with Crippen molar-refractivity contribution in [1.82, 2.24) is 15.1 Å². The van der Waals surface area contributed by atoms with Crippen molar-refractivity contribution < 1.29 is 32.6 Å². The smallest absolute Gasteiger partial charge is 0.350 e. The standard InChI is InChI=1S/C27H30ClF6N3O.2ClH.H2/c28-22-6-4-5-19(15-22)24(37-11-9-36(10-12-37)23-7-2-1-3-8-23)25(38)35-17-18-13-20(26(29,30)31)16-21(14-18)27(32,33)34;;;/h4-6,13-16,23-24H,1-3,7-12,17H2,(H,35,38);3*1H. The maximum atomic E-state index is 13.4. The van der Waals surface area contributed by atoms with Gasteiger partial charge < -0.3 is 5.32 Å². The lowest BCUT2D eigenvalue weighted by Crippen LogP contribution is -2.53. The highest BCUT2D eigenvalue weighted by atomic mass is 35.5. The first-order valence-electron chi connectivity index (χ1n) is 12.7. The summed E-state index contributed by atoms with van der Waals surface area (Å²) in [6.45, 7) is 2.27. The zero-order chi connectivity index (χ0) is 27.5. The van der Waals surface area contributed by atoms with Gasteiger partial charge in [-0.15, -0.1) is 24.8 Å². The van der Waals surface area contributed by atoms with Crippen LogP contribution in [0.3, 0.4) is 0 Å². The number of alkyl halides is 6. The van der Waals surface area contributed by atoms with E-state index in [-0.39, 0.29) is 37.9 Å². The first-order valence-corrected chi connectivity index (χ1v) is 13.1. The molecular weight excluding hydrogens is 603 g/mol. The van der Waals surface area contributed by atoms with Gasteiger partial charge in [-0.25, -0.2) is 0 Å². The Morgan fingerprint density at radius 1 is 0.900 bits per heavy atom. The molecule has 1 aliphatic carbocycles. The lowest BCUT2D eigenvalue weighted by atomic mass is 9.93. The van der Waals surface area contributed by atoms with Gasteiger partial charge in [-0.05, 0) is 54.3 Å². The van der Waals surface area contributed by atoms with Gasteiger partial charge in [0.25, 0.3) is 0 Å². The van der Waals surface area contributed by atoms with E-state index in [1.165, 1.54) is 19.3 Å². The van der Waals surface area contributed by atoms with Crippen LogP contribution in [0.15, 0.2) is 42.5 Å². The number of nitrogens with zero attached hydrogens (tertiary/aromatic N) is 2. The summed E-state index contributed by atoms with van der Waals surface area (Å²) in [5.41, 5.74) is -2.50. The Kier molecular flexibility index (Phi) is 12.5. The second-order valence-corrected chi connectivity index (χ2v) is 10.4. The minimum atomic E-state index is -4.96. The number of halogens is 9. The van der Waals surface area contributed by atoms with E-state index in [1.807, 2.05) is 4.90 Å². The van der Waals surface area contributed by atoms with E-state index in [9.17, 15) is 31.1 Å². The number of amides is 1. The molecule has 2 aromatic rings. The minimum Gasteiger partial charge on any atom is -0.350 e. The SMILES string of the molecule is Cl.Cl.O=C(NCc1cc(C(F)(F)F)cc(C(F)(F)F)c1)C(c1cccc(Cl)c1)N1CCN(C2CCCCC2)CC1.[HH]. The Hall–Kier alpha value is -1.72. The maximum Gasteiger partial charge on any atom is 0.416 e. The van der Waals surface area contributed by atoms with Crippen molar-refractivity contribution in [3.05, 3.63) is 69.7 Å². The third kappa shape index (κ3) is 8.89. The van der Waals surface area contributed by atoms with Gasteiger partial charge in [0.2, 0.25) is 5.91 Å². The number of benzene rings is 2. The molecule has 13 heteroatoms. The summed E-state index contributed by atoms with van der Waals surface area (Å²) in [5.74, 6) is -0.510. The van der Waals surface area contributed by atoms with Crippen LogP contribution in [-0.4, -0.2) is 47.9 Å². The Morgan fingerprint density at radius 3 is 2.00 bits per heavy atom. The second kappa shape index (κ2) is 14.4. The zero-order valence-corrected chi connectivity index (χ0v) is 23.9. The van der Waals surface area contributed by atoms with Crippen LogP contribution in [0.4, 0.5) is 26.3 Å². The molecule has 1 atom stereocenters. The van der Waals surface area contributed by atoms with Crippen LogP contribution in [0.1, 0.15) is 61.8 Å². The maximum absolute atomic E-state index is 13.4. The van der Waals surface area contributed by atoms with E-state index in [4.69, 9.17) is 11.6 Å². The average Bonchev–Trinajstić information content (AvgIpc) is 2.87. The zero-order valence-electron chi connectivity index (χ0n) is 21.5. The van der Waals surface area contributed by atoms with Gasteiger partial charge in [0.1, 0.15) is 6.04 Å². The van der Waals surface area contributed by atoms with Crippen molar-refractivity contribution in [2.24, 2.45) is 0 Å². The van der Waals surface area contributed by atoms with Gasteiger partial charge in [-0.1, -0.05) is 43.0 Å². The third-order valence-corrected chi connectivity index (χ3v) is 7.57. The van der Waals surface area contributed by atoms with Gasteiger partial charge in [-0.2, -0.15) is 26.3 Å². The number of hydrogen-bond donors (Lipinski definition) is 1. The quantitative estimate of drug-likeness (QED) is 0.329. The molecule has 4 nitrogen and oxygen atoms in total. The molecule has 1 unspecified atom stereocenters. The van der Waals surface area contributed by atoms with Crippen molar-refractivity contribution in [1.29, 1.82) is 0 Å². The second-order valence-electron chi connectivity index (χ2n) is 9.95. The van der Waals surface area contributed by atoms with Crippen LogP contribution in [0.5, 0.6) is 0 Å². The Balaban J connectivity index is 0.00000280. The highest BCUT2D eigenvalue weighted by Gasteiger charge is 2.37. The molecule has 0 spiro atoms. The average molecular weight is 637 g/mol. The molecule has 1 heterocycles. The van der Waals surface area contributed by atoms with Crippen LogP contribution in [-0.2, 0) is 23.7 Å². The topological polar surface area (TPSA) is 35.6 Å². The Morgan fingerprint density at radius 2 is 1.48 bits per heavy atom. The van der Waals surface area contributed by atoms with Crippen LogP contribution < -0.4 is 5.32 Å². The van der Waals surface area contributed by atoms with Crippen molar-refractivity contribution in [3.63, 3.8) is 0 Å². The Labute approximate surface area is 248 Å². The highest BCUT2D eigenvalue weighted by Crippen LogP contribution is 2.36. The summed E-state index contributed by atoms with van der Waals surface area (Å²) < 4.78 is 79.5. The monoisotopic (exact) mass is 635 g/mol. The summed E-state index contributed by atoms with van der Waals surface area (Å²) >= 11 is 6.18. The lowest BCUT2D eigenvalue weighted by Gasteiger charge is -2.43. The van der Waals surface area contributed by atoms with Gasteiger partial charge in [-0.3, -0.25) is 14.6 Å². The van der Waals surface area contributed by atoms with E-state index in [0.29, 0.717) is 41.9 Å². The molecule has 0 aromatic heterocycles. The highest BCUT2D eigenvalue weighted by molar-refractivity contribution is 6.30. The number of carbonyl (C=O) groups excluding carboxylic acids is 1. The fraction of sp³-hybridized carbons (Fsp3) is 0.519. The predicted octanol–water partition coefficient (Wildman–Crippen LogP) is 7.78. The van der Waals surface area contributed by atoms with E-state index < -0.39 is 42.0 Å². The first kappa shape index (κ1) is 34.5. The molecule has 0 bridgehead atoms. The molecule has 0 radical (unpaired) electrons. The van der Waals surface area contributed by atoms with Gasteiger partial charge in [0, 0.05) is 45.2 Å². The van der Waals surface area contributed by atoms with E-state index >= 15 is 0 Å². The largest absolute Gasteiger partial charge is 0.416 e. The summed E-state index contributed by atoms with van der Waals surface area (Å²) in [4.78, 5) is 17.9. The van der Waals surface area contributed by atoms with Crippen LogP contribution in [0.2, 0.25) is 5.02 Å². The first-order chi connectivity index (χ1) is 17.9. The lowest BCUT2D eigenvalue weighted by molar-refractivity contribution is -0.143. The van der Waals surface area contributed by atoms with Gasteiger partial charge >= 0.3 is 12.4 Å². The summed E-state index contributed by atoms with van der Waals surface area (Å²) in [5, 5.41) is 3.00. The number of rotatable bonds is 6. The number of carbonyl (C=O) groups is 1.